The summed E-state index contributed by atoms with van der Waals surface area (Å²) in [6, 6.07) is 10.1. The van der Waals surface area contributed by atoms with Gasteiger partial charge in [0.25, 0.3) is 5.91 Å². The third kappa shape index (κ3) is 3.06. The highest BCUT2D eigenvalue weighted by Crippen LogP contribution is 2.37. The van der Waals surface area contributed by atoms with Gasteiger partial charge in [0.1, 0.15) is 5.54 Å². The van der Waals surface area contributed by atoms with Crippen LogP contribution >= 0.6 is 12.6 Å². The Morgan fingerprint density at radius 2 is 1.79 bits per heavy atom. The van der Waals surface area contributed by atoms with Crippen molar-refractivity contribution in [2.24, 2.45) is 0 Å². The van der Waals surface area contributed by atoms with Crippen LogP contribution in [0.5, 0.6) is 0 Å². The number of aryl methyl sites for hydroxylation is 1. The van der Waals surface area contributed by atoms with Crippen molar-refractivity contribution in [3.8, 4) is 0 Å². The summed E-state index contributed by atoms with van der Waals surface area (Å²) in [5.74, 6) is -0.118. The first kappa shape index (κ1) is 17.3. The van der Waals surface area contributed by atoms with E-state index in [1.165, 1.54) is 10.5 Å². The summed E-state index contributed by atoms with van der Waals surface area (Å²) >= 11 is 4.59. The van der Waals surface area contributed by atoms with Crippen LogP contribution in [0, 0.1) is 0 Å². The van der Waals surface area contributed by atoms with Crippen molar-refractivity contribution in [1.29, 1.82) is 0 Å². The zero-order valence-electron chi connectivity index (χ0n) is 14.4. The Hall–Kier alpha value is -1.49. The molecule has 1 aliphatic carbocycles. The van der Waals surface area contributed by atoms with E-state index in [1.54, 1.807) is 0 Å². The van der Waals surface area contributed by atoms with Crippen LogP contribution in [0.25, 0.3) is 0 Å². The molecule has 1 unspecified atom stereocenters. The van der Waals surface area contributed by atoms with E-state index in [0.29, 0.717) is 6.42 Å². The van der Waals surface area contributed by atoms with Crippen LogP contribution in [0.4, 0.5) is 4.79 Å². The van der Waals surface area contributed by atoms with Crippen LogP contribution < -0.4 is 0 Å². The van der Waals surface area contributed by atoms with Gasteiger partial charge in [0, 0.05) is 6.04 Å². The predicted octanol–water partition coefficient (Wildman–Crippen LogP) is 3.86. The molecule has 1 saturated carbocycles. The molecule has 0 aromatic heterocycles. The number of urea groups is 1. The zero-order valence-corrected chi connectivity index (χ0v) is 15.3. The quantitative estimate of drug-likeness (QED) is 0.650. The number of carbonyl (C=O) groups excluding carboxylic acids is 2. The fourth-order valence-corrected chi connectivity index (χ4v) is 4.28. The number of rotatable bonds is 5. The molecule has 0 spiro atoms. The highest BCUT2D eigenvalue weighted by atomic mass is 32.1. The monoisotopic (exact) mass is 346 g/mol. The Kier molecular flexibility index (Phi) is 4.90. The largest absolute Gasteiger partial charge is 0.328 e. The van der Waals surface area contributed by atoms with E-state index in [9.17, 15) is 9.59 Å². The first-order valence-electron chi connectivity index (χ1n) is 8.82. The minimum Gasteiger partial charge on any atom is -0.307 e. The zero-order chi connectivity index (χ0) is 17.3. The van der Waals surface area contributed by atoms with Crippen LogP contribution in [0.2, 0.25) is 0 Å². The van der Waals surface area contributed by atoms with Crippen LogP contribution in [-0.2, 0) is 11.2 Å². The summed E-state index contributed by atoms with van der Waals surface area (Å²) in [6.07, 6.45) is 5.73. The van der Waals surface area contributed by atoms with Crippen molar-refractivity contribution < 1.29 is 9.59 Å². The minimum absolute atomic E-state index is 0.118. The van der Waals surface area contributed by atoms with Gasteiger partial charge in [-0.25, -0.2) is 9.69 Å². The third-order valence-electron chi connectivity index (χ3n) is 5.28. The molecule has 1 saturated heterocycles. The number of benzene rings is 1. The van der Waals surface area contributed by atoms with E-state index in [4.69, 9.17) is 0 Å². The van der Waals surface area contributed by atoms with Crippen molar-refractivity contribution in [1.82, 2.24) is 9.80 Å². The van der Waals surface area contributed by atoms with E-state index < -0.39 is 5.54 Å². The Morgan fingerprint density at radius 1 is 1.17 bits per heavy atom. The Labute approximate surface area is 149 Å². The van der Waals surface area contributed by atoms with Gasteiger partial charge in [0.2, 0.25) is 0 Å². The molecule has 0 radical (unpaired) electrons. The van der Waals surface area contributed by atoms with Crippen molar-refractivity contribution in [3.63, 3.8) is 0 Å². The molecule has 5 heteroatoms. The summed E-state index contributed by atoms with van der Waals surface area (Å²) in [6.45, 7) is 3.73. The van der Waals surface area contributed by atoms with E-state index in [0.717, 1.165) is 32.1 Å². The molecule has 1 aromatic carbocycles. The van der Waals surface area contributed by atoms with E-state index in [-0.39, 0.29) is 23.4 Å². The highest BCUT2D eigenvalue weighted by molar-refractivity contribution is 7.80. The molecule has 3 amide bonds. The molecule has 1 atom stereocenters. The van der Waals surface area contributed by atoms with Gasteiger partial charge in [-0.1, -0.05) is 43.2 Å². The number of thiol groups is 1. The Balaban J connectivity index is 1.72. The summed E-state index contributed by atoms with van der Waals surface area (Å²) in [7, 11) is 0. The molecule has 3 rings (SSSR count). The van der Waals surface area contributed by atoms with Crippen molar-refractivity contribution in [3.05, 3.63) is 35.9 Å². The maximum atomic E-state index is 13.0. The lowest BCUT2D eigenvalue weighted by Crippen LogP contribution is -2.49. The average Bonchev–Trinajstić information content (AvgIpc) is 3.12. The summed E-state index contributed by atoms with van der Waals surface area (Å²) in [5, 5.41) is -0.379. The summed E-state index contributed by atoms with van der Waals surface area (Å²) in [5.41, 5.74) is 0.433. The maximum absolute atomic E-state index is 13.0. The molecule has 2 fully saturated rings. The van der Waals surface area contributed by atoms with Crippen molar-refractivity contribution >= 4 is 24.6 Å². The standard InChI is InChI=1S/C19H26N2O2S/c1-19(2)17(22)20(18(23)21(19)15-10-6-7-11-15)16(24)13-12-14-8-4-3-5-9-14/h3-5,8-9,15-16,24H,6-7,10-13H2,1-2H3. The van der Waals surface area contributed by atoms with Gasteiger partial charge in [-0.15, -0.1) is 0 Å². The number of amides is 3. The number of imide groups is 1. The lowest BCUT2D eigenvalue weighted by Gasteiger charge is -2.33. The fraction of sp³-hybridized carbons (Fsp3) is 0.579. The fourth-order valence-electron chi connectivity index (χ4n) is 3.95. The third-order valence-corrected chi connectivity index (χ3v) is 5.77. The molecule has 0 N–H and O–H groups in total. The molecule has 2 aliphatic rings. The second-order valence-corrected chi connectivity index (χ2v) is 7.93. The van der Waals surface area contributed by atoms with Crippen molar-refractivity contribution in [2.45, 2.75) is 69.3 Å². The van der Waals surface area contributed by atoms with Crippen LogP contribution in [0.15, 0.2) is 30.3 Å². The first-order chi connectivity index (χ1) is 11.4. The molecule has 4 nitrogen and oxygen atoms in total. The highest BCUT2D eigenvalue weighted by Gasteiger charge is 2.55. The molecule has 1 aromatic rings. The SMILES string of the molecule is CC1(C)C(=O)N(C(S)CCc2ccccc2)C(=O)N1C1CCCC1. The van der Waals surface area contributed by atoms with Gasteiger partial charge in [-0.3, -0.25) is 4.79 Å². The summed E-state index contributed by atoms with van der Waals surface area (Å²) in [4.78, 5) is 29.0. The van der Waals surface area contributed by atoms with Crippen LogP contribution in [0.1, 0.15) is 51.5 Å². The second kappa shape index (κ2) is 6.79. The molecule has 24 heavy (non-hydrogen) atoms. The van der Waals surface area contributed by atoms with Gasteiger partial charge >= 0.3 is 6.03 Å². The van der Waals surface area contributed by atoms with E-state index in [1.807, 2.05) is 36.9 Å². The molecule has 1 aliphatic heterocycles. The van der Waals surface area contributed by atoms with E-state index in [2.05, 4.69) is 24.8 Å². The molecule has 130 valence electrons. The predicted molar refractivity (Wildman–Crippen MR) is 98.0 cm³/mol. The summed E-state index contributed by atoms with van der Waals surface area (Å²) < 4.78 is 0. The first-order valence-corrected chi connectivity index (χ1v) is 9.33. The van der Waals surface area contributed by atoms with Gasteiger partial charge in [0.15, 0.2) is 0 Å². The van der Waals surface area contributed by atoms with E-state index >= 15 is 0 Å². The van der Waals surface area contributed by atoms with Gasteiger partial charge < -0.3 is 4.90 Å². The number of hydrogen-bond donors (Lipinski definition) is 1. The topological polar surface area (TPSA) is 40.6 Å². The minimum atomic E-state index is -0.764. The second-order valence-electron chi connectivity index (χ2n) is 7.33. The number of hydrogen-bond acceptors (Lipinski definition) is 3. The van der Waals surface area contributed by atoms with Gasteiger partial charge in [-0.05, 0) is 45.1 Å². The molecular formula is C19H26N2O2S. The maximum Gasteiger partial charge on any atom is 0.328 e. The number of nitrogens with zero attached hydrogens (tertiary/aromatic N) is 2. The molecular weight excluding hydrogens is 320 g/mol. The van der Waals surface area contributed by atoms with Crippen LogP contribution in [-0.4, -0.2) is 38.7 Å². The normalized spacial score (nSPS) is 22.5. The molecule has 0 bridgehead atoms. The Bertz CT molecular complexity index is 611. The van der Waals surface area contributed by atoms with Gasteiger partial charge in [-0.2, -0.15) is 12.6 Å². The molecule has 1 heterocycles. The number of carbonyl (C=O) groups is 2. The lowest BCUT2D eigenvalue weighted by atomic mass is 10.0. The average molecular weight is 346 g/mol. The Morgan fingerprint density at radius 3 is 2.42 bits per heavy atom. The van der Waals surface area contributed by atoms with Crippen LogP contribution in [0.3, 0.4) is 0 Å². The smallest absolute Gasteiger partial charge is 0.307 e. The lowest BCUT2D eigenvalue weighted by molar-refractivity contribution is -0.132. The van der Waals surface area contributed by atoms with Gasteiger partial charge in [0.05, 0.1) is 5.37 Å². The van der Waals surface area contributed by atoms with Crippen molar-refractivity contribution in [2.75, 3.05) is 0 Å².